The highest BCUT2D eigenvalue weighted by molar-refractivity contribution is 5.00. The Labute approximate surface area is 106 Å². The van der Waals surface area contributed by atoms with Crippen LogP contribution in [0.15, 0.2) is 18.7 Å². The summed E-state index contributed by atoms with van der Waals surface area (Å²) in [6.45, 7) is 5.06. The molecule has 0 saturated carbocycles. The van der Waals surface area contributed by atoms with Crippen LogP contribution in [0.2, 0.25) is 0 Å². The molecule has 6 nitrogen and oxygen atoms in total. The normalized spacial score (nSPS) is 13.2. The van der Waals surface area contributed by atoms with Crippen molar-refractivity contribution < 1.29 is 5.11 Å². The Morgan fingerprint density at radius 1 is 1.33 bits per heavy atom. The lowest BCUT2D eigenvalue weighted by Gasteiger charge is -2.12. The van der Waals surface area contributed by atoms with Crippen LogP contribution in [-0.2, 0) is 20.0 Å². The molecule has 1 unspecified atom stereocenters. The Balaban J connectivity index is 2.10. The number of aliphatic hydroxyl groups is 1. The zero-order valence-electron chi connectivity index (χ0n) is 11.0. The minimum absolute atomic E-state index is 0.428. The third-order valence-electron chi connectivity index (χ3n) is 2.77. The Kier molecular flexibility index (Phi) is 3.76. The molecular formula is C12H19N5O. The molecule has 0 bridgehead atoms. The largest absolute Gasteiger partial charge is 0.385 e. The van der Waals surface area contributed by atoms with Crippen molar-refractivity contribution in [3.63, 3.8) is 0 Å². The smallest absolute Gasteiger partial charge is 0.138 e. The molecule has 2 aromatic rings. The maximum Gasteiger partial charge on any atom is 0.138 e. The van der Waals surface area contributed by atoms with E-state index in [2.05, 4.69) is 28.9 Å². The highest BCUT2D eigenvalue weighted by Gasteiger charge is 2.16. The van der Waals surface area contributed by atoms with E-state index >= 15 is 0 Å². The first kappa shape index (κ1) is 12.8. The van der Waals surface area contributed by atoms with Gasteiger partial charge in [0.15, 0.2) is 0 Å². The van der Waals surface area contributed by atoms with Crippen molar-refractivity contribution >= 4 is 0 Å². The van der Waals surface area contributed by atoms with E-state index in [4.69, 9.17) is 0 Å². The van der Waals surface area contributed by atoms with Gasteiger partial charge in [-0.2, -0.15) is 5.10 Å². The fourth-order valence-electron chi connectivity index (χ4n) is 1.91. The maximum absolute atomic E-state index is 10.2. The molecule has 0 spiro atoms. The number of aromatic nitrogens is 5. The van der Waals surface area contributed by atoms with Crippen molar-refractivity contribution in [2.45, 2.75) is 32.9 Å². The Bertz CT molecular complexity index is 502. The topological polar surface area (TPSA) is 68.8 Å². The average Bonchev–Trinajstić information content (AvgIpc) is 2.88. The van der Waals surface area contributed by atoms with Crippen molar-refractivity contribution in [1.29, 1.82) is 0 Å². The van der Waals surface area contributed by atoms with Crippen molar-refractivity contribution in [2.75, 3.05) is 0 Å². The standard InChI is InChI=1S/C12H19N5O/c1-9(2)7-17-11(14-8-15-17)6-10(18)12-13-4-5-16(12)3/h4-5,8-10,18H,6-7H2,1-3H3. The van der Waals surface area contributed by atoms with Crippen LogP contribution in [0.5, 0.6) is 0 Å². The molecule has 18 heavy (non-hydrogen) atoms. The van der Waals surface area contributed by atoms with Crippen molar-refractivity contribution in [1.82, 2.24) is 24.3 Å². The number of aliphatic hydroxyl groups excluding tert-OH is 1. The molecule has 1 atom stereocenters. The van der Waals surface area contributed by atoms with Gasteiger partial charge in [-0.1, -0.05) is 13.8 Å². The number of nitrogens with zero attached hydrogens (tertiary/aromatic N) is 5. The molecule has 0 aliphatic heterocycles. The molecule has 0 radical (unpaired) electrons. The van der Waals surface area contributed by atoms with E-state index < -0.39 is 6.10 Å². The van der Waals surface area contributed by atoms with E-state index in [-0.39, 0.29) is 0 Å². The predicted molar refractivity (Wildman–Crippen MR) is 66.7 cm³/mol. The van der Waals surface area contributed by atoms with E-state index in [1.54, 1.807) is 6.20 Å². The molecule has 1 N–H and O–H groups in total. The van der Waals surface area contributed by atoms with Gasteiger partial charge in [-0.3, -0.25) is 0 Å². The molecule has 0 aromatic carbocycles. The molecule has 2 heterocycles. The van der Waals surface area contributed by atoms with Crippen LogP contribution in [-0.4, -0.2) is 29.4 Å². The van der Waals surface area contributed by atoms with Crippen LogP contribution >= 0.6 is 0 Å². The first-order chi connectivity index (χ1) is 8.58. The molecule has 2 aromatic heterocycles. The van der Waals surface area contributed by atoms with Crippen LogP contribution < -0.4 is 0 Å². The number of imidazole rings is 1. The monoisotopic (exact) mass is 249 g/mol. The molecule has 0 aliphatic rings. The van der Waals surface area contributed by atoms with E-state index in [0.29, 0.717) is 18.2 Å². The van der Waals surface area contributed by atoms with Gasteiger partial charge in [0.25, 0.3) is 0 Å². The molecule has 0 fully saturated rings. The molecule has 0 saturated heterocycles. The summed E-state index contributed by atoms with van der Waals surface area (Å²) >= 11 is 0. The zero-order valence-corrected chi connectivity index (χ0v) is 11.0. The minimum atomic E-state index is -0.653. The maximum atomic E-state index is 10.2. The second-order valence-electron chi connectivity index (χ2n) is 4.87. The second-order valence-corrected chi connectivity index (χ2v) is 4.87. The van der Waals surface area contributed by atoms with Crippen LogP contribution in [0, 0.1) is 5.92 Å². The highest BCUT2D eigenvalue weighted by atomic mass is 16.3. The van der Waals surface area contributed by atoms with Gasteiger partial charge in [0.05, 0.1) is 0 Å². The first-order valence-electron chi connectivity index (χ1n) is 6.10. The second kappa shape index (κ2) is 5.30. The van der Waals surface area contributed by atoms with Crippen molar-refractivity contribution in [3.8, 4) is 0 Å². The molecule has 0 aliphatic carbocycles. The fraction of sp³-hybridized carbons (Fsp3) is 0.583. The summed E-state index contributed by atoms with van der Waals surface area (Å²) in [4.78, 5) is 8.35. The van der Waals surface area contributed by atoms with Crippen LogP contribution in [0.4, 0.5) is 0 Å². The third-order valence-corrected chi connectivity index (χ3v) is 2.77. The number of hydrogen-bond acceptors (Lipinski definition) is 4. The predicted octanol–water partition coefficient (Wildman–Crippen LogP) is 0.944. The van der Waals surface area contributed by atoms with Gasteiger partial charge < -0.3 is 9.67 Å². The van der Waals surface area contributed by atoms with Gasteiger partial charge in [-0.15, -0.1) is 0 Å². The van der Waals surface area contributed by atoms with Gasteiger partial charge in [-0.25, -0.2) is 14.6 Å². The van der Waals surface area contributed by atoms with Crippen LogP contribution in [0.3, 0.4) is 0 Å². The van der Waals surface area contributed by atoms with E-state index in [1.165, 1.54) is 6.33 Å². The van der Waals surface area contributed by atoms with Gasteiger partial charge in [-0.05, 0) is 5.92 Å². The number of aryl methyl sites for hydroxylation is 1. The quantitative estimate of drug-likeness (QED) is 0.856. The average molecular weight is 249 g/mol. The van der Waals surface area contributed by atoms with E-state index in [9.17, 15) is 5.11 Å². The molecule has 6 heteroatoms. The summed E-state index contributed by atoms with van der Waals surface area (Å²) in [7, 11) is 1.87. The van der Waals surface area contributed by atoms with Crippen molar-refractivity contribution in [3.05, 3.63) is 30.4 Å². The Morgan fingerprint density at radius 3 is 2.72 bits per heavy atom. The summed E-state index contributed by atoms with van der Waals surface area (Å²) in [6.07, 6.45) is 4.80. The van der Waals surface area contributed by atoms with Crippen molar-refractivity contribution in [2.24, 2.45) is 13.0 Å². The Hall–Kier alpha value is -1.69. The fourth-order valence-corrected chi connectivity index (χ4v) is 1.91. The molecular weight excluding hydrogens is 230 g/mol. The minimum Gasteiger partial charge on any atom is -0.385 e. The Morgan fingerprint density at radius 2 is 2.11 bits per heavy atom. The highest BCUT2D eigenvalue weighted by Crippen LogP contribution is 2.15. The van der Waals surface area contributed by atoms with Gasteiger partial charge in [0, 0.05) is 32.4 Å². The van der Waals surface area contributed by atoms with Crippen LogP contribution in [0.1, 0.15) is 31.6 Å². The number of rotatable bonds is 5. The third kappa shape index (κ3) is 2.76. The molecule has 0 amide bonds. The first-order valence-corrected chi connectivity index (χ1v) is 6.10. The van der Waals surface area contributed by atoms with Gasteiger partial charge in [0.2, 0.25) is 0 Å². The summed E-state index contributed by atoms with van der Waals surface area (Å²) in [5.74, 6) is 1.93. The number of hydrogen-bond donors (Lipinski definition) is 1. The van der Waals surface area contributed by atoms with Gasteiger partial charge >= 0.3 is 0 Å². The summed E-state index contributed by atoms with van der Waals surface area (Å²) < 4.78 is 3.66. The lowest BCUT2D eigenvalue weighted by Crippen LogP contribution is -2.15. The van der Waals surface area contributed by atoms with E-state index in [1.807, 2.05) is 22.5 Å². The lowest BCUT2D eigenvalue weighted by atomic mass is 10.2. The van der Waals surface area contributed by atoms with Gasteiger partial charge in [0.1, 0.15) is 24.1 Å². The molecule has 98 valence electrons. The summed E-state index contributed by atoms with van der Waals surface area (Å²) in [5, 5.41) is 14.3. The van der Waals surface area contributed by atoms with E-state index in [0.717, 1.165) is 12.4 Å². The summed E-state index contributed by atoms with van der Waals surface area (Å²) in [6, 6.07) is 0. The molecule has 2 rings (SSSR count). The van der Waals surface area contributed by atoms with Crippen LogP contribution in [0.25, 0.3) is 0 Å². The zero-order chi connectivity index (χ0) is 13.1. The lowest BCUT2D eigenvalue weighted by molar-refractivity contribution is 0.160. The summed E-state index contributed by atoms with van der Waals surface area (Å²) in [5.41, 5.74) is 0. The SMILES string of the molecule is CC(C)Cn1ncnc1CC(O)c1nccn1C.